The summed E-state index contributed by atoms with van der Waals surface area (Å²) in [6, 6.07) is 3.39. The van der Waals surface area contributed by atoms with Gasteiger partial charge >= 0.3 is 0 Å². The molecule has 0 saturated heterocycles. The van der Waals surface area contributed by atoms with Crippen molar-refractivity contribution in [3.63, 3.8) is 0 Å². The number of carbonyl (C=O) groups is 1. The number of nitrogens with zero attached hydrogens (tertiary/aromatic N) is 2. The van der Waals surface area contributed by atoms with Gasteiger partial charge < -0.3 is 10.4 Å². The number of aromatic hydroxyl groups is 1. The zero-order valence-electron chi connectivity index (χ0n) is 11.7. The molecule has 20 heavy (non-hydrogen) atoms. The minimum Gasteiger partial charge on any atom is -0.493 e. The van der Waals surface area contributed by atoms with Crippen LogP contribution in [0.25, 0.3) is 5.65 Å². The fraction of sp³-hybridized carbons (Fsp3) is 0.357. The Morgan fingerprint density at radius 3 is 2.90 bits per heavy atom. The molecule has 2 heterocycles. The first-order valence-corrected chi connectivity index (χ1v) is 6.47. The van der Waals surface area contributed by atoms with Gasteiger partial charge in [-0.3, -0.25) is 14.0 Å². The number of amides is 1. The molecule has 0 spiro atoms. The van der Waals surface area contributed by atoms with E-state index < -0.39 is 17.3 Å². The molecule has 6 heteroatoms. The average Bonchev–Trinajstić information content (AvgIpc) is 2.40. The van der Waals surface area contributed by atoms with Crippen molar-refractivity contribution in [2.75, 3.05) is 0 Å². The van der Waals surface area contributed by atoms with E-state index in [0.29, 0.717) is 5.65 Å². The molecule has 1 atom stereocenters. The van der Waals surface area contributed by atoms with Crippen LogP contribution in [0.1, 0.15) is 36.2 Å². The van der Waals surface area contributed by atoms with Crippen LogP contribution < -0.4 is 10.9 Å². The minimum atomic E-state index is -0.606. The Balaban J connectivity index is 2.61. The van der Waals surface area contributed by atoms with E-state index in [9.17, 15) is 14.7 Å². The van der Waals surface area contributed by atoms with Gasteiger partial charge in [-0.15, -0.1) is 0 Å². The molecule has 6 nitrogen and oxygen atoms in total. The van der Waals surface area contributed by atoms with Gasteiger partial charge in [-0.1, -0.05) is 13.0 Å². The first-order chi connectivity index (χ1) is 9.45. The summed E-state index contributed by atoms with van der Waals surface area (Å²) in [5.41, 5.74) is 0.189. The van der Waals surface area contributed by atoms with Gasteiger partial charge in [-0.05, 0) is 31.9 Å². The molecule has 0 aliphatic heterocycles. The van der Waals surface area contributed by atoms with Crippen molar-refractivity contribution in [3.05, 3.63) is 39.8 Å². The Labute approximate surface area is 116 Å². The maximum Gasteiger partial charge on any atom is 0.274 e. The van der Waals surface area contributed by atoms with Crippen LogP contribution in [-0.4, -0.2) is 26.4 Å². The van der Waals surface area contributed by atoms with Crippen molar-refractivity contribution < 1.29 is 9.90 Å². The number of aryl methyl sites for hydroxylation is 1. The molecule has 0 aromatic carbocycles. The third-order valence-electron chi connectivity index (χ3n) is 3.25. The van der Waals surface area contributed by atoms with Crippen molar-refractivity contribution >= 4 is 11.6 Å². The third kappa shape index (κ3) is 2.36. The van der Waals surface area contributed by atoms with E-state index >= 15 is 0 Å². The number of fused-ring (bicyclic) bond motifs is 1. The number of carbonyl (C=O) groups excluding carboxylic acids is 1. The topological polar surface area (TPSA) is 83.7 Å². The molecule has 0 radical (unpaired) electrons. The molecular weight excluding hydrogens is 258 g/mol. The van der Waals surface area contributed by atoms with Crippen molar-refractivity contribution in [3.8, 4) is 5.88 Å². The van der Waals surface area contributed by atoms with Crippen LogP contribution in [-0.2, 0) is 0 Å². The van der Waals surface area contributed by atoms with E-state index in [4.69, 9.17) is 0 Å². The fourth-order valence-corrected chi connectivity index (χ4v) is 1.88. The number of pyridine rings is 1. The lowest BCUT2D eigenvalue weighted by atomic mass is 10.2. The standard InChI is InChI=1S/C14H17N3O3/c1-4-9(3)15-12(18)10-13(19)16-11-8(2)6-5-7-17(11)14(10)20/h5-7,9,19H,4H2,1-3H3,(H,15,18)/t9-/m0/s1. The summed E-state index contributed by atoms with van der Waals surface area (Å²) in [4.78, 5) is 28.3. The van der Waals surface area contributed by atoms with Crippen LogP contribution in [0.4, 0.5) is 0 Å². The number of aromatic nitrogens is 2. The summed E-state index contributed by atoms with van der Waals surface area (Å²) in [6.07, 6.45) is 2.26. The van der Waals surface area contributed by atoms with E-state index in [1.165, 1.54) is 10.6 Å². The third-order valence-corrected chi connectivity index (χ3v) is 3.25. The summed E-state index contributed by atoms with van der Waals surface area (Å²) in [5, 5.41) is 12.5. The lowest BCUT2D eigenvalue weighted by Gasteiger charge is -2.12. The second kappa shape index (κ2) is 5.32. The van der Waals surface area contributed by atoms with Gasteiger partial charge in [0.2, 0.25) is 5.88 Å². The molecule has 2 aromatic rings. The Kier molecular flexibility index (Phi) is 3.74. The van der Waals surface area contributed by atoms with E-state index in [0.717, 1.165) is 12.0 Å². The Hall–Kier alpha value is -2.37. The van der Waals surface area contributed by atoms with Gasteiger partial charge in [0.25, 0.3) is 11.5 Å². The van der Waals surface area contributed by atoms with Gasteiger partial charge in [-0.2, -0.15) is 4.98 Å². The second-order valence-corrected chi connectivity index (χ2v) is 4.78. The van der Waals surface area contributed by atoms with Crippen LogP contribution in [0, 0.1) is 6.92 Å². The maximum absolute atomic E-state index is 12.3. The number of rotatable bonds is 3. The largest absolute Gasteiger partial charge is 0.493 e. The number of hydrogen-bond donors (Lipinski definition) is 2. The predicted molar refractivity (Wildman–Crippen MR) is 75.1 cm³/mol. The highest BCUT2D eigenvalue weighted by Crippen LogP contribution is 2.13. The number of hydrogen-bond acceptors (Lipinski definition) is 4. The summed E-state index contributed by atoms with van der Waals surface area (Å²) < 4.78 is 1.26. The molecular formula is C14H17N3O3. The van der Waals surface area contributed by atoms with E-state index in [1.54, 1.807) is 19.1 Å². The SMILES string of the molecule is CC[C@H](C)NC(=O)c1c(O)nc2c(C)cccn2c1=O. The smallest absolute Gasteiger partial charge is 0.274 e. The zero-order chi connectivity index (χ0) is 14.9. The summed E-state index contributed by atoms with van der Waals surface area (Å²) in [6.45, 7) is 5.52. The van der Waals surface area contributed by atoms with Crippen LogP contribution >= 0.6 is 0 Å². The molecule has 0 fully saturated rings. The van der Waals surface area contributed by atoms with Crippen molar-refractivity contribution in [1.29, 1.82) is 0 Å². The number of nitrogens with one attached hydrogen (secondary N) is 1. The lowest BCUT2D eigenvalue weighted by Crippen LogP contribution is -2.36. The quantitative estimate of drug-likeness (QED) is 0.882. The normalized spacial score (nSPS) is 12.3. The first kappa shape index (κ1) is 14.0. The minimum absolute atomic E-state index is 0.0838. The van der Waals surface area contributed by atoms with Crippen LogP contribution in [0.15, 0.2) is 23.1 Å². The first-order valence-electron chi connectivity index (χ1n) is 6.47. The van der Waals surface area contributed by atoms with Crippen molar-refractivity contribution in [2.24, 2.45) is 0 Å². The molecule has 2 N–H and O–H groups in total. The lowest BCUT2D eigenvalue weighted by molar-refractivity contribution is 0.0934. The molecule has 0 aliphatic carbocycles. The summed E-state index contributed by atoms with van der Waals surface area (Å²) >= 11 is 0. The highest BCUT2D eigenvalue weighted by molar-refractivity contribution is 5.96. The highest BCUT2D eigenvalue weighted by Gasteiger charge is 2.21. The Morgan fingerprint density at radius 1 is 1.55 bits per heavy atom. The molecule has 0 aliphatic rings. The molecule has 0 bridgehead atoms. The molecule has 2 aromatic heterocycles. The van der Waals surface area contributed by atoms with Gasteiger partial charge in [0.05, 0.1) is 0 Å². The van der Waals surface area contributed by atoms with Crippen LogP contribution in [0.5, 0.6) is 5.88 Å². The molecule has 2 rings (SSSR count). The van der Waals surface area contributed by atoms with E-state index in [1.807, 2.05) is 13.8 Å². The van der Waals surface area contributed by atoms with Crippen molar-refractivity contribution in [1.82, 2.24) is 14.7 Å². The fourth-order valence-electron chi connectivity index (χ4n) is 1.88. The van der Waals surface area contributed by atoms with E-state index in [-0.39, 0.29) is 11.6 Å². The van der Waals surface area contributed by atoms with Gasteiger partial charge in [0, 0.05) is 12.2 Å². The second-order valence-electron chi connectivity index (χ2n) is 4.78. The van der Waals surface area contributed by atoms with Crippen molar-refractivity contribution in [2.45, 2.75) is 33.2 Å². The Morgan fingerprint density at radius 2 is 2.25 bits per heavy atom. The summed E-state index contributed by atoms with van der Waals surface area (Å²) in [5.74, 6) is -1.14. The average molecular weight is 275 g/mol. The Bertz CT molecular complexity index is 721. The van der Waals surface area contributed by atoms with Crippen LogP contribution in [0.2, 0.25) is 0 Å². The van der Waals surface area contributed by atoms with Gasteiger partial charge in [0.15, 0.2) is 5.56 Å². The molecule has 1 amide bonds. The van der Waals surface area contributed by atoms with Crippen LogP contribution in [0.3, 0.4) is 0 Å². The highest BCUT2D eigenvalue weighted by atomic mass is 16.3. The van der Waals surface area contributed by atoms with E-state index in [2.05, 4.69) is 10.3 Å². The zero-order valence-corrected chi connectivity index (χ0v) is 11.7. The van der Waals surface area contributed by atoms with Gasteiger partial charge in [-0.25, -0.2) is 0 Å². The maximum atomic E-state index is 12.3. The monoisotopic (exact) mass is 275 g/mol. The molecule has 0 saturated carbocycles. The predicted octanol–water partition coefficient (Wildman–Crippen LogP) is 1.24. The van der Waals surface area contributed by atoms with Gasteiger partial charge in [0.1, 0.15) is 5.65 Å². The summed E-state index contributed by atoms with van der Waals surface area (Å²) in [7, 11) is 0. The molecule has 106 valence electrons. The molecule has 0 unspecified atom stereocenters.